The number of rotatable bonds is 11. The van der Waals surface area contributed by atoms with E-state index in [1.165, 1.54) is 21.9 Å². The summed E-state index contributed by atoms with van der Waals surface area (Å²) in [6.45, 7) is 0.727. The first-order valence-electron chi connectivity index (χ1n) is 21.2. The summed E-state index contributed by atoms with van der Waals surface area (Å²) in [5.74, 6) is 2.98. The van der Waals surface area contributed by atoms with E-state index >= 15 is 0 Å². The SMILES string of the molecule is COc1ccc(CN2C[C@H](c3cccc(C(F)(F)F)c3)N(c3ccc(Oc4ccc(Cl)cc4)cc3)C2=O)cc1.O=C1NC[C@@H](c2cccc(C(F)(F)F)c2)N1c1ccc(Oc2ccc(Cl)cc2)cc1. The molecule has 69 heavy (non-hydrogen) atoms. The van der Waals surface area contributed by atoms with Crippen molar-refractivity contribution in [2.75, 3.05) is 30.0 Å². The lowest BCUT2D eigenvalue weighted by Gasteiger charge is -2.24. The highest BCUT2D eigenvalue weighted by Crippen LogP contribution is 2.40. The van der Waals surface area contributed by atoms with Gasteiger partial charge in [0.25, 0.3) is 0 Å². The summed E-state index contributed by atoms with van der Waals surface area (Å²) < 4.78 is 96.5. The van der Waals surface area contributed by atoms with E-state index in [0.717, 1.165) is 29.8 Å². The van der Waals surface area contributed by atoms with Crippen molar-refractivity contribution in [3.63, 3.8) is 0 Å². The first kappa shape index (κ1) is 48.1. The van der Waals surface area contributed by atoms with Crippen molar-refractivity contribution >= 4 is 46.6 Å². The molecule has 0 saturated carbocycles. The smallest absolute Gasteiger partial charge is 0.416 e. The van der Waals surface area contributed by atoms with Crippen molar-refractivity contribution in [1.82, 2.24) is 10.2 Å². The van der Waals surface area contributed by atoms with Gasteiger partial charge in [0.15, 0.2) is 0 Å². The summed E-state index contributed by atoms with van der Waals surface area (Å²) >= 11 is 11.8. The summed E-state index contributed by atoms with van der Waals surface area (Å²) in [6.07, 6.45) is -8.94. The van der Waals surface area contributed by atoms with Crippen LogP contribution in [0.4, 0.5) is 47.3 Å². The number of benzene rings is 7. The molecule has 0 unspecified atom stereocenters. The summed E-state index contributed by atoms with van der Waals surface area (Å²) in [4.78, 5) is 30.7. The van der Waals surface area contributed by atoms with Gasteiger partial charge in [0.1, 0.15) is 28.7 Å². The summed E-state index contributed by atoms with van der Waals surface area (Å²) in [5, 5.41) is 3.88. The summed E-state index contributed by atoms with van der Waals surface area (Å²) in [5.41, 5.74) is 1.28. The number of ether oxygens (including phenoxy) is 3. The van der Waals surface area contributed by atoms with E-state index in [4.69, 9.17) is 37.4 Å². The molecule has 2 fully saturated rings. The van der Waals surface area contributed by atoms with Crippen LogP contribution in [0.15, 0.2) is 170 Å². The summed E-state index contributed by atoms with van der Waals surface area (Å²) in [6, 6.07) is 43.1. The van der Waals surface area contributed by atoms with Crippen LogP contribution in [0.5, 0.6) is 28.7 Å². The molecule has 2 atom stereocenters. The lowest BCUT2D eigenvalue weighted by atomic mass is 10.0. The van der Waals surface area contributed by atoms with E-state index in [1.54, 1.807) is 133 Å². The van der Waals surface area contributed by atoms with Gasteiger partial charge in [0.05, 0.1) is 30.3 Å². The lowest BCUT2D eigenvalue weighted by molar-refractivity contribution is -0.138. The van der Waals surface area contributed by atoms with Crippen molar-refractivity contribution in [2.24, 2.45) is 0 Å². The highest BCUT2D eigenvalue weighted by molar-refractivity contribution is 6.30. The van der Waals surface area contributed by atoms with Crippen LogP contribution in [0.1, 0.15) is 39.9 Å². The minimum absolute atomic E-state index is 0.211. The number of anilines is 2. The first-order valence-corrected chi connectivity index (χ1v) is 22.0. The molecule has 0 aliphatic carbocycles. The zero-order chi connectivity index (χ0) is 48.9. The van der Waals surface area contributed by atoms with Crippen molar-refractivity contribution in [3.05, 3.63) is 208 Å². The van der Waals surface area contributed by atoms with Gasteiger partial charge in [-0.25, -0.2) is 9.59 Å². The molecule has 0 spiro atoms. The van der Waals surface area contributed by atoms with Gasteiger partial charge in [-0.2, -0.15) is 26.3 Å². The Morgan fingerprint density at radius 2 is 0.971 bits per heavy atom. The number of urea groups is 2. The molecule has 2 heterocycles. The molecule has 2 aliphatic rings. The van der Waals surface area contributed by atoms with Crippen molar-refractivity contribution in [1.29, 1.82) is 0 Å². The van der Waals surface area contributed by atoms with Crippen LogP contribution < -0.4 is 29.3 Å². The zero-order valence-corrected chi connectivity index (χ0v) is 37.9. The van der Waals surface area contributed by atoms with Crippen molar-refractivity contribution in [2.45, 2.75) is 31.0 Å². The van der Waals surface area contributed by atoms with Gasteiger partial charge in [-0.1, -0.05) is 59.6 Å². The molecule has 9 rings (SSSR count). The Morgan fingerprint density at radius 1 is 0.551 bits per heavy atom. The number of methoxy groups -OCH3 is 1. The second-order valence-corrected chi connectivity index (χ2v) is 16.7. The normalized spacial score (nSPS) is 15.9. The fourth-order valence-corrected chi connectivity index (χ4v) is 8.07. The molecule has 0 bridgehead atoms. The second-order valence-electron chi connectivity index (χ2n) is 15.8. The third-order valence-electron chi connectivity index (χ3n) is 11.2. The van der Waals surface area contributed by atoms with E-state index < -0.39 is 35.6 Å². The number of nitrogens with one attached hydrogen (secondary N) is 1. The molecule has 0 radical (unpaired) electrons. The van der Waals surface area contributed by atoms with Gasteiger partial charge in [-0.3, -0.25) is 9.80 Å². The van der Waals surface area contributed by atoms with Gasteiger partial charge in [0.2, 0.25) is 0 Å². The fraction of sp³-hybridized carbons (Fsp3) is 0.154. The maximum atomic E-state index is 13.7. The van der Waals surface area contributed by atoms with Gasteiger partial charge < -0.3 is 24.4 Å². The number of hydrogen-bond acceptors (Lipinski definition) is 5. The average Bonchev–Trinajstić information content (AvgIpc) is 3.89. The van der Waals surface area contributed by atoms with Crippen molar-refractivity contribution in [3.8, 4) is 28.7 Å². The molecule has 4 amide bonds. The number of amides is 4. The van der Waals surface area contributed by atoms with Crippen LogP contribution in [0, 0.1) is 0 Å². The average molecular weight is 986 g/mol. The Balaban J connectivity index is 0.000000192. The maximum absolute atomic E-state index is 13.7. The molecule has 2 saturated heterocycles. The van der Waals surface area contributed by atoms with Gasteiger partial charge in [-0.05, 0) is 150 Å². The number of hydrogen-bond donors (Lipinski definition) is 1. The quantitative estimate of drug-likeness (QED) is 0.131. The second kappa shape index (κ2) is 20.5. The number of alkyl halides is 6. The molecular formula is C52H40Cl2F6N4O5. The van der Waals surface area contributed by atoms with Crippen LogP contribution in [0.3, 0.4) is 0 Å². The maximum Gasteiger partial charge on any atom is 0.416 e. The Kier molecular flexibility index (Phi) is 14.3. The minimum Gasteiger partial charge on any atom is -0.497 e. The molecule has 0 aromatic heterocycles. The first-order chi connectivity index (χ1) is 33.0. The number of nitrogens with zero attached hydrogens (tertiary/aromatic N) is 3. The van der Waals surface area contributed by atoms with Crippen LogP contribution in [0.2, 0.25) is 10.0 Å². The third kappa shape index (κ3) is 11.7. The summed E-state index contributed by atoms with van der Waals surface area (Å²) in [7, 11) is 1.57. The lowest BCUT2D eigenvalue weighted by Crippen LogP contribution is -2.32. The van der Waals surface area contributed by atoms with E-state index in [9.17, 15) is 35.9 Å². The predicted molar refractivity (Wildman–Crippen MR) is 251 cm³/mol. The van der Waals surface area contributed by atoms with E-state index in [0.29, 0.717) is 67.8 Å². The third-order valence-corrected chi connectivity index (χ3v) is 11.7. The number of carbonyl (C=O) groups excluding carboxylic acids is 2. The molecule has 9 nitrogen and oxygen atoms in total. The minimum atomic E-state index is -4.49. The Morgan fingerprint density at radius 3 is 1.42 bits per heavy atom. The van der Waals surface area contributed by atoms with Crippen molar-refractivity contribution < 1.29 is 50.1 Å². The predicted octanol–water partition coefficient (Wildman–Crippen LogP) is 14.8. The molecule has 17 heteroatoms. The highest BCUT2D eigenvalue weighted by atomic mass is 35.5. The Hall–Kier alpha value is -7.36. The van der Waals surface area contributed by atoms with E-state index in [1.807, 2.05) is 12.1 Å². The van der Waals surface area contributed by atoms with Crippen LogP contribution >= 0.6 is 23.2 Å². The molecular weight excluding hydrogens is 945 g/mol. The number of carbonyl (C=O) groups is 2. The van der Waals surface area contributed by atoms with Crippen LogP contribution in [-0.2, 0) is 18.9 Å². The molecule has 7 aromatic rings. The fourth-order valence-electron chi connectivity index (χ4n) is 7.82. The molecule has 2 aliphatic heterocycles. The van der Waals surface area contributed by atoms with E-state index in [-0.39, 0.29) is 25.2 Å². The molecule has 1 N–H and O–H groups in total. The topological polar surface area (TPSA) is 83.6 Å². The van der Waals surface area contributed by atoms with Gasteiger partial charge in [0, 0.05) is 41.1 Å². The van der Waals surface area contributed by atoms with Gasteiger partial charge in [-0.15, -0.1) is 0 Å². The molecule has 354 valence electrons. The standard InChI is InChI=1S/C30H24ClF3N2O3.C22H16ClF3N2O2/c1-38-25-11-5-20(6-12-25)18-35-19-28(21-3-2-4-22(17-21)30(32,33)34)36(29(35)37)24-9-15-27(16-10-24)39-26-13-7-23(31)8-14-26;23-16-4-8-18(9-5-16)30-19-10-6-17(7-11-19)28-20(13-27-21(28)29)14-2-1-3-15(12-14)22(24,25)26/h2-17,28H,18-19H2,1H3;1-12,20H,13H2,(H,27,29)/t28-;20-/m10/s1. The molecule has 7 aromatic carbocycles. The Labute approximate surface area is 403 Å². The monoisotopic (exact) mass is 984 g/mol. The van der Waals surface area contributed by atoms with Gasteiger partial charge >= 0.3 is 24.4 Å². The Bertz CT molecular complexity index is 2890. The number of halogens is 8. The van der Waals surface area contributed by atoms with E-state index in [2.05, 4.69) is 5.32 Å². The van der Waals surface area contributed by atoms with Crippen LogP contribution in [-0.4, -0.2) is 37.2 Å². The van der Waals surface area contributed by atoms with Crippen LogP contribution in [0.25, 0.3) is 0 Å². The zero-order valence-electron chi connectivity index (χ0n) is 36.3. The highest BCUT2D eigenvalue weighted by Gasteiger charge is 2.41. The largest absolute Gasteiger partial charge is 0.497 e.